The Bertz CT molecular complexity index is 441. The number of hydrogen-bond acceptors (Lipinski definition) is 4. The van der Waals surface area contributed by atoms with Crippen LogP contribution in [-0.2, 0) is 20.8 Å². The third-order valence-corrected chi connectivity index (χ3v) is 2.94. The molecule has 0 atom stereocenters. The number of thiol groups is 1. The molecule has 0 bridgehead atoms. The van der Waals surface area contributed by atoms with Crippen LogP contribution in [0.1, 0.15) is 0 Å². The molecule has 0 rings (SSSR count). The summed E-state index contributed by atoms with van der Waals surface area (Å²) in [6.45, 7) is 0. The molecule has 0 aliphatic rings. The maximum absolute atomic E-state index is 12.3. The quantitative estimate of drug-likeness (QED) is 0.443. The largest absolute Gasteiger partial charge is 0.439 e. The fraction of sp³-hybridized carbons (Fsp3) is 1.00. The van der Waals surface area contributed by atoms with E-state index in [0.29, 0.717) is 0 Å². The predicted octanol–water partition coefficient (Wildman–Crippen LogP) is 0.307. The van der Waals surface area contributed by atoms with Gasteiger partial charge in [-0.3, -0.25) is 4.55 Å². The van der Waals surface area contributed by atoms with Crippen molar-refractivity contribution in [3.8, 4) is 0 Å². The molecule has 0 radical (unpaired) electrons. The minimum absolute atomic E-state index is 5.38. The van der Waals surface area contributed by atoms with Crippen molar-refractivity contribution in [2.45, 2.75) is 16.4 Å². The highest BCUT2D eigenvalue weighted by Crippen LogP contribution is 2.48. The van der Waals surface area contributed by atoms with E-state index >= 15 is 0 Å². The fourth-order valence-electron chi connectivity index (χ4n) is 0.452. The van der Waals surface area contributed by atoms with Crippen LogP contribution in [-0.4, -0.2) is 37.8 Å². The van der Waals surface area contributed by atoms with Gasteiger partial charge in [0.05, 0.1) is 0 Å². The lowest BCUT2D eigenvalue weighted by molar-refractivity contribution is -0.244. The minimum Gasteiger partial charge on any atom is -0.281 e. The van der Waals surface area contributed by atoms with Crippen LogP contribution in [0.25, 0.3) is 0 Å². The van der Waals surface area contributed by atoms with Gasteiger partial charge in [-0.1, -0.05) is 0 Å². The molecule has 0 fully saturated rings. The van der Waals surface area contributed by atoms with Crippen LogP contribution in [0.2, 0.25) is 0 Å². The van der Waals surface area contributed by atoms with Crippen molar-refractivity contribution in [3.63, 3.8) is 0 Å². The van der Waals surface area contributed by atoms with Crippen LogP contribution >= 0.6 is 0 Å². The molecule has 0 aliphatic carbocycles. The van der Waals surface area contributed by atoms with E-state index in [0.717, 1.165) is 0 Å². The second-order valence-electron chi connectivity index (χ2n) is 2.36. The van der Waals surface area contributed by atoms with Gasteiger partial charge >= 0.3 is 26.5 Å². The summed E-state index contributed by atoms with van der Waals surface area (Å²) < 4.78 is 120. The van der Waals surface area contributed by atoms with Crippen molar-refractivity contribution in [2.75, 3.05) is 0 Å². The second-order valence-corrected chi connectivity index (χ2v) is 4.90. The van der Waals surface area contributed by atoms with Crippen molar-refractivity contribution in [2.24, 2.45) is 0 Å². The first-order chi connectivity index (χ1) is 6.69. The molecule has 0 saturated carbocycles. The summed E-state index contributed by atoms with van der Waals surface area (Å²) in [5.74, 6) is -6.80. The first-order valence-electron chi connectivity index (χ1n) is 2.94. The lowest BCUT2D eigenvalue weighted by Crippen LogP contribution is -2.58. The third-order valence-electron chi connectivity index (χ3n) is 1.30. The van der Waals surface area contributed by atoms with Crippen LogP contribution in [0.5, 0.6) is 0 Å². The molecule has 0 aliphatic heterocycles. The lowest BCUT2D eigenvalue weighted by Gasteiger charge is -2.27. The zero-order valence-corrected chi connectivity index (χ0v) is 8.41. The molecule has 1 N–H and O–H groups in total. The van der Waals surface area contributed by atoms with Crippen molar-refractivity contribution >= 4 is 20.8 Å². The SMILES string of the molecule is O=[SH](=O)C(F)(F)C(F)(F)C(F)(F)S(=O)(=O)O. The molecule has 0 heterocycles. The van der Waals surface area contributed by atoms with Crippen LogP contribution in [0.3, 0.4) is 0 Å². The van der Waals surface area contributed by atoms with Gasteiger partial charge in [0.15, 0.2) is 0 Å². The minimum atomic E-state index is -6.91. The zero-order valence-electron chi connectivity index (χ0n) is 6.70. The highest BCUT2D eigenvalue weighted by atomic mass is 32.2. The lowest BCUT2D eigenvalue weighted by atomic mass is 10.3. The normalized spacial score (nSPS) is 15.5. The van der Waals surface area contributed by atoms with E-state index in [4.69, 9.17) is 4.55 Å². The molecule has 0 unspecified atom stereocenters. The molecule has 0 aromatic heterocycles. The Morgan fingerprint density at radius 1 is 0.938 bits per heavy atom. The molecule has 5 nitrogen and oxygen atoms in total. The first-order valence-corrected chi connectivity index (χ1v) is 5.56. The van der Waals surface area contributed by atoms with E-state index in [1.807, 2.05) is 0 Å². The summed E-state index contributed by atoms with van der Waals surface area (Å²) in [7, 11) is -12.3. The summed E-state index contributed by atoms with van der Waals surface area (Å²) in [6, 6.07) is 0. The molecule has 16 heavy (non-hydrogen) atoms. The van der Waals surface area contributed by atoms with E-state index in [9.17, 15) is 43.2 Å². The van der Waals surface area contributed by atoms with Crippen molar-refractivity contribution in [3.05, 3.63) is 0 Å². The molecule has 0 saturated heterocycles. The summed E-state index contributed by atoms with van der Waals surface area (Å²) in [4.78, 5) is 0. The Morgan fingerprint density at radius 3 is 1.44 bits per heavy atom. The van der Waals surface area contributed by atoms with E-state index < -0.39 is 37.3 Å². The number of alkyl halides is 6. The van der Waals surface area contributed by atoms with Gasteiger partial charge in [0, 0.05) is 0 Å². The summed E-state index contributed by atoms with van der Waals surface area (Å²) in [5.41, 5.74) is 0. The Balaban J connectivity index is 5.91. The maximum atomic E-state index is 12.3. The Morgan fingerprint density at radius 2 is 1.25 bits per heavy atom. The maximum Gasteiger partial charge on any atom is 0.439 e. The van der Waals surface area contributed by atoms with Crippen molar-refractivity contribution < 1.29 is 47.7 Å². The van der Waals surface area contributed by atoms with Gasteiger partial charge in [0.25, 0.3) is 0 Å². The highest BCUT2D eigenvalue weighted by molar-refractivity contribution is 7.87. The van der Waals surface area contributed by atoms with Crippen molar-refractivity contribution in [1.82, 2.24) is 0 Å². The molecule has 0 amide bonds. The van der Waals surface area contributed by atoms with Gasteiger partial charge in [0.1, 0.15) is 0 Å². The summed E-state index contributed by atoms with van der Waals surface area (Å²) >= 11 is 0. The van der Waals surface area contributed by atoms with Gasteiger partial charge in [0.2, 0.25) is 10.7 Å². The average Bonchev–Trinajstić information content (AvgIpc) is 2.00. The van der Waals surface area contributed by atoms with Crippen molar-refractivity contribution in [1.29, 1.82) is 0 Å². The number of hydrogen-bond donors (Lipinski definition) is 2. The van der Waals surface area contributed by atoms with Crippen LogP contribution < -0.4 is 0 Å². The molecule has 0 aromatic rings. The van der Waals surface area contributed by atoms with Crippen LogP contribution in [0.15, 0.2) is 0 Å². The van der Waals surface area contributed by atoms with Gasteiger partial charge in [-0.25, -0.2) is 8.42 Å². The van der Waals surface area contributed by atoms with Gasteiger partial charge in [-0.05, 0) is 0 Å². The van der Waals surface area contributed by atoms with Crippen LogP contribution in [0.4, 0.5) is 26.3 Å². The standard InChI is InChI=1S/C3H2F6O5S2/c4-1(5,2(6,7)15(10)11)3(8,9)16(12,13)14/h15H,(H,12,13,14). The topological polar surface area (TPSA) is 88.5 Å². The van der Waals surface area contributed by atoms with Gasteiger partial charge in [-0.15, -0.1) is 0 Å². The Hall–Kier alpha value is -0.560. The Kier molecular flexibility index (Phi) is 3.60. The predicted molar refractivity (Wildman–Crippen MR) is 36.7 cm³/mol. The third kappa shape index (κ3) is 1.98. The highest BCUT2D eigenvalue weighted by Gasteiger charge is 2.79. The smallest absolute Gasteiger partial charge is 0.281 e. The molecule has 98 valence electrons. The van der Waals surface area contributed by atoms with Gasteiger partial charge < -0.3 is 0 Å². The first kappa shape index (κ1) is 15.4. The Labute approximate surface area is 85.7 Å². The number of rotatable bonds is 4. The molecule has 13 heteroatoms. The monoisotopic (exact) mass is 296 g/mol. The zero-order chi connectivity index (χ0) is 13.6. The fourth-order valence-corrected chi connectivity index (χ4v) is 1.35. The summed E-state index contributed by atoms with van der Waals surface area (Å²) in [5, 5.41) is -13.0. The molecular formula is C3H2F6O5S2. The molecule has 0 aromatic carbocycles. The van der Waals surface area contributed by atoms with Crippen LogP contribution in [0, 0.1) is 0 Å². The average molecular weight is 296 g/mol. The summed E-state index contributed by atoms with van der Waals surface area (Å²) in [6.07, 6.45) is 0. The molecular weight excluding hydrogens is 294 g/mol. The number of halogens is 6. The van der Waals surface area contributed by atoms with E-state index in [-0.39, 0.29) is 0 Å². The second kappa shape index (κ2) is 3.73. The van der Waals surface area contributed by atoms with Gasteiger partial charge in [-0.2, -0.15) is 34.8 Å². The van der Waals surface area contributed by atoms with E-state index in [1.54, 1.807) is 0 Å². The molecule has 0 spiro atoms. The van der Waals surface area contributed by atoms with E-state index in [1.165, 1.54) is 0 Å². The van der Waals surface area contributed by atoms with E-state index in [2.05, 4.69) is 0 Å².